The summed E-state index contributed by atoms with van der Waals surface area (Å²) in [4.78, 5) is 30.7. The number of halogens is 1. The molecule has 2 heterocycles. The van der Waals surface area contributed by atoms with Crippen LogP contribution in [0.15, 0.2) is 41.3 Å². The highest BCUT2D eigenvalue weighted by atomic mass is 35.5. The molecule has 0 saturated carbocycles. The smallest absolute Gasteiger partial charge is 0.295 e. The summed E-state index contributed by atoms with van der Waals surface area (Å²) in [5, 5.41) is 13.3. The molecule has 3 rings (SSSR count). The number of thiophene rings is 1. The highest BCUT2D eigenvalue weighted by Gasteiger charge is 2.46. The quantitative estimate of drug-likeness (QED) is 0.298. The lowest BCUT2D eigenvalue weighted by molar-refractivity contribution is -0.139. The van der Waals surface area contributed by atoms with Crippen molar-refractivity contribution in [3.63, 3.8) is 0 Å². The maximum atomic E-state index is 13.0. The first-order valence-corrected chi connectivity index (χ1v) is 12.1. The van der Waals surface area contributed by atoms with Gasteiger partial charge >= 0.3 is 0 Å². The van der Waals surface area contributed by atoms with Gasteiger partial charge in [0.05, 0.1) is 23.2 Å². The molecule has 0 radical (unpaired) electrons. The Hall–Kier alpha value is -2.35. The molecular formula is C24H29ClN2O4S. The number of Topliss-reactive ketones (excluding diaryl/α,β-unsaturated/α-hetero) is 1. The summed E-state index contributed by atoms with van der Waals surface area (Å²) in [6, 6.07) is 8.01. The lowest BCUT2D eigenvalue weighted by Gasteiger charge is -2.25. The number of likely N-dealkylation sites (tertiary alicyclic amines) is 1. The normalized spacial score (nSPS) is 18.0. The number of hydrogen-bond acceptors (Lipinski definition) is 6. The van der Waals surface area contributed by atoms with E-state index in [2.05, 4.69) is 18.7 Å². The molecule has 0 bridgehead atoms. The fourth-order valence-electron chi connectivity index (χ4n) is 3.93. The van der Waals surface area contributed by atoms with Crippen molar-refractivity contribution in [2.45, 2.75) is 33.2 Å². The molecule has 1 aliphatic heterocycles. The highest BCUT2D eigenvalue weighted by molar-refractivity contribution is 7.10. The van der Waals surface area contributed by atoms with Gasteiger partial charge in [-0.25, -0.2) is 0 Å². The number of aliphatic hydroxyl groups excluding tert-OH is 1. The number of ketones is 1. The van der Waals surface area contributed by atoms with Crippen LogP contribution in [-0.4, -0.2) is 59.4 Å². The van der Waals surface area contributed by atoms with E-state index in [0.717, 1.165) is 30.9 Å². The molecule has 0 spiro atoms. The van der Waals surface area contributed by atoms with E-state index in [9.17, 15) is 14.7 Å². The number of ether oxygens (including phenoxy) is 1. The Labute approximate surface area is 198 Å². The van der Waals surface area contributed by atoms with Crippen LogP contribution >= 0.6 is 22.9 Å². The predicted octanol–water partition coefficient (Wildman–Crippen LogP) is 4.95. The lowest BCUT2D eigenvalue weighted by Crippen LogP contribution is -2.33. The van der Waals surface area contributed by atoms with E-state index in [4.69, 9.17) is 16.3 Å². The van der Waals surface area contributed by atoms with Crippen LogP contribution in [0.3, 0.4) is 0 Å². The third-order valence-electron chi connectivity index (χ3n) is 5.63. The summed E-state index contributed by atoms with van der Waals surface area (Å²) in [5.74, 6) is -0.981. The molecule has 6 nitrogen and oxygen atoms in total. The number of carbonyl (C=O) groups is 2. The van der Waals surface area contributed by atoms with Crippen molar-refractivity contribution in [3.8, 4) is 5.75 Å². The topological polar surface area (TPSA) is 70.1 Å². The van der Waals surface area contributed by atoms with Crippen molar-refractivity contribution in [1.29, 1.82) is 0 Å². The number of nitrogens with zero attached hydrogens (tertiary/aromatic N) is 2. The van der Waals surface area contributed by atoms with Gasteiger partial charge in [0.1, 0.15) is 11.5 Å². The van der Waals surface area contributed by atoms with E-state index in [1.54, 1.807) is 23.1 Å². The molecular weight excluding hydrogens is 448 g/mol. The number of benzene rings is 1. The number of hydrogen-bond donors (Lipinski definition) is 1. The molecule has 1 atom stereocenters. The van der Waals surface area contributed by atoms with Crippen molar-refractivity contribution in [3.05, 3.63) is 56.7 Å². The molecule has 0 unspecified atom stereocenters. The summed E-state index contributed by atoms with van der Waals surface area (Å²) in [5.41, 5.74) is 0.474. The molecule has 1 aromatic carbocycles. The number of carbonyl (C=O) groups excluding carboxylic acids is 2. The Morgan fingerprint density at radius 2 is 1.97 bits per heavy atom. The third kappa shape index (κ3) is 5.00. The molecule has 1 saturated heterocycles. The second-order valence-corrected chi connectivity index (χ2v) is 8.85. The average molecular weight is 477 g/mol. The van der Waals surface area contributed by atoms with Crippen LogP contribution in [0.1, 0.15) is 43.7 Å². The van der Waals surface area contributed by atoms with Crippen LogP contribution in [0.5, 0.6) is 5.75 Å². The highest BCUT2D eigenvalue weighted by Crippen LogP contribution is 2.41. The van der Waals surface area contributed by atoms with Crippen molar-refractivity contribution in [1.82, 2.24) is 9.80 Å². The van der Waals surface area contributed by atoms with Crippen LogP contribution in [0, 0.1) is 0 Å². The summed E-state index contributed by atoms with van der Waals surface area (Å²) in [6.07, 6.45) is 0.742. The molecule has 1 fully saturated rings. The zero-order chi connectivity index (χ0) is 23.3. The number of rotatable bonds is 10. The van der Waals surface area contributed by atoms with Crippen LogP contribution in [-0.2, 0) is 9.59 Å². The van der Waals surface area contributed by atoms with Crippen LogP contribution in [0.25, 0.3) is 5.76 Å². The predicted molar refractivity (Wildman–Crippen MR) is 128 cm³/mol. The SMILES string of the molecule is CCOc1ccc(C(O)=C2C(=O)C(=O)N(CCCN(CC)CC)[C@H]2c2cccs2)cc1Cl. The van der Waals surface area contributed by atoms with E-state index in [1.165, 1.54) is 11.3 Å². The third-order valence-corrected chi connectivity index (χ3v) is 6.85. The van der Waals surface area contributed by atoms with E-state index >= 15 is 0 Å². The van der Waals surface area contributed by atoms with Gasteiger partial charge in [0.15, 0.2) is 0 Å². The van der Waals surface area contributed by atoms with Gasteiger partial charge in [-0.1, -0.05) is 31.5 Å². The van der Waals surface area contributed by atoms with Crippen molar-refractivity contribution in [2.75, 3.05) is 32.8 Å². The van der Waals surface area contributed by atoms with Crippen LogP contribution in [0.4, 0.5) is 0 Å². The molecule has 1 amide bonds. The first kappa shape index (κ1) is 24.3. The van der Waals surface area contributed by atoms with E-state index in [1.807, 2.05) is 24.4 Å². The van der Waals surface area contributed by atoms with Crippen molar-refractivity contribution in [2.24, 2.45) is 0 Å². The Morgan fingerprint density at radius 1 is 1.22 bits per heavy atom. The summed E-state index contributed by atoms with van der Waals surface area (Å²) in [7, 11) is 0. The van der Waals surface area contributed by atoms with Crippen molar-refractivity contribution < 1.29 is 19.4 Å². The lowest BCUT2D eigenvalue weighted by atomic mass is 9.99. The fraction of sp³-hybridized carbons (Fsp3) is 0.417. The summed E-state index contributed by atoms with van der Waals surface area (Å²) in [6.45, 7) is 9.65. The van der Waals surface area contributed by atoms with Gasteiger partial charge in [0.2, 0.25) is 0 Å². The van der Waals surface area contributed by atoms with Gasteiger partial charge in [0, 0.05) is 17.0 Å². The molecule has 32 heavy (non-hydrogen) atoms. The number of aliphatic hydroxyl groups is 1. The van der Waals surface area contributed by atoms with Crippen LogP contribution < -0.4 is 4.74 Å². The zero-order valence-electron chi connectivity index (χ0n) is 18.6. The van der Waals surface area contributed by atoms with Crippen LogP contribution in [0.2, 0.25) is 5.02 Å². The Kier molecular flexibility index (Phi) is 8.34. The average Bonchev–Trinajstić information content (AvgIpc) is 3.40. The van der Waals surface area contributed by atoms with Gasteiger partial charge in [-0.3, -0.25) is 9.59 Å². The largest absolute Gasteiger partial charge is 0.507 e. The maximum Gasteiger partial charge on any atom is 0.295 e. The standard InChI is InChI=1S/C24H29ClN2O4S/c1-4-26(5-2)12-8-13-27-21(19-9-7-14-32-19)20(23(29)24(27)30)22(28)16-10-11-18(31-6-3)17(25)15-16/h7,9-11,14-15,21,28H,4-6,8,12-13H2,1-3H3/t21-/m0/s1. The second-order valence-electron chi connectivity index (χ2n) is 7.47. The van der Waals surface area contributed by atoms with E-state index in [0.29, 0.717) is 29.5 Å². The second kappa shape index (κ2) is 11.0. The molecule has 8 heteroatoms. The minimum atomic E-state index is -0.672. The Morgan fingerprint density at radius 3 is 2.56 bits per heavy atom. The first-order valence-electron chi connectivity index (χ1n) is 10.9. The molecule has 1 N–H and O–H groups in total. The van der Waals surface area contributed by atoms with Gasteiger partial charge in [-0.15, -0.1) is 11.3 Å². The van der Waals surface area contributed by atoms with Crippen molar-refractivity contribution >= 4 is 40.4 Å². The molecule has 1 aromatic heterocycles. The maximum absolute atomic E-state index is 13.0. The minimum absolute atomic E-state index is 0.0977. The molecule has 172 valence electrons. The Bertz CT molecular complexity index is 986. The monoisotopic (exact) mass is 476 g/mol. The van der Waals surface area contributed by atoms with Gasteiger partial charge in [-0.2, -0.15) is 0 Å². The van der Waals surface area contributed by atoms with E-state index < -0.39 is 17.7 Å². The van der Waals surface area contributed by atoms with E-state index in [-0.39, 0.29) is 11.3 Å². The Balaban J connectivity index is 1.97. The summed E-state index contributed by atoms with van der Waals surface area (Å²) >= 11 is 7.75. The van der Waals surface area contributed by atoms with Gasteiger partial charge in [0.25, 0.3) is 11.7 Å². The number of amides is 1. The summed E-state index contributed by atoms with van der Waals surface area (Å²) < 4.78 is 5.45. The fourth-order valence-corrected chi connectivity index (χ4v) is 5.01. The van der Waals surface area contributed by atoms with Gasteiger partial charge < -0.3 is 19.6 Å². The first-order chi connectivity index (χ1) is 15.4. The van der Waals surface area contributed by atoms with Gasteiger partial charge in [-0.05, 0) is 62.6 Å². The molecule has 0 aliphatic carbocycles. The zero-order valence-corrected chi connectivity index (χ0v) is 20.2. The molecule has 1 aliphatic rings. The minimum Gasteiger partial charge on any atom is -0.507 e. The molecule has 2 aromatic rings.